The van der Waals surface area contributed by atoms with E-state index in [-0.39, 0.29) is 11.9 Å². The largest absolute Gasteiger partial charge is 0.496 e. The number of aromatic nitrogens is 3. The first-order valence-corrected chi connectivity index (χ1v) is 10.8. The maximum absolute atomic E-state index is 12.8. The average molecular weight is 429 g/mol. The fourth-order valence-corrected chi connectivity index (χ4v) is 4.10. The number of rotatable bonds is 8. The Morgan fingerprint density at radius 2 is 1.88 bits per heavy atom. The third-order valence-electron chi connectivity index (χ3n) is 5.63. The van der Waals surface area contributed by atoms with E-state index in [9.17, 15) is 4.79 Å². The third kappa shape index (κ3) is 4.64. The molecule has 0 saturated carbocycles. The molecular formula is C26H28N4O2. The van der Waals surface area contributed by atoms with Gasteiger partial charge in [0.1, 0.15) is 11.4 Å². The first-order valence-electron chi connectivity index (χ1n) is 10.8. The fourth-order valence-electron chi connectivity index (χ4n) is 4.10. The molecule has 0 aliphatic rings. The van der Waals surface area contributed by atoms with Crippen molar-refractivity contribution in [2.45, 2.75) is 39.3 Å². The molecule has 0 unspecified atom stereocenters. The maximum Gasteiger partial charge on any atom is 0.222 e. The predicted octanol–water partition coefficient (Wildman–Crippen LogP) is 4.55. The molecule has 3 heterocycles. The molecule has 0 bridgehead atoms. The normalized spacial score (nSPS) is 12.0. The van der Waals surface area contributed by atoms with E-state index in [1.54, 1.807) is 19.5 Å². The van der Waals surface area contributed by atoms with Gasteiger partial charge in [-0.15, -0.1) is 0 Å². The van der Waals surface area contributed by atoms with E-state index < -0.39 is 0 Å². The summed E-state index contributed by atoms with van der Waals surface area (Å²) in [5.74, 6) is 0.856. The van der Waals surface area contributed by atoms with Gasteiger partial charge in [0.2, 0.25) is 5.91 Å². The Bertz CT molecular complexity index is 1230. The molecule has 0 aliphatic carbocycles. The summed E-state index contributed by atoms with van der Waals surface area (Å²) in [6.07, 6.45) is 4.65. The number of hydrogen-bond donors (Lipinski definition) is 1. The number of carbonyl (C=O) groups is 1. The summed E-state index contributed by atoms with van der Waals surface area (Å²) in [6, 6.07) is 18.0. The van der Waals surface area contributed by atoms with E-state index in [2.05, 4.69) is 32.0 Å². The second kappa shape index (κ2) is 9.64. The van der Waals surface area contributed by atoms with Crippen LogP contribution in [0.4, 0.5) is 0 Å². The van der Waals surface area contributed by atoms with Crippen LogP contribution in [0, 0.1) is 6.92 Å². The van der Waals surface area contributed by atoms with Crippen LogP contribution in [0.25, 0.3) is 22.3 Å². The second-order valence-corrected chi connectivity index (χ2v) is 7.97. The summed E-state index contributed by atoms with van der Waals surface area (Å²) in [6.45, 7) is 4.55. The molecule has 3 aromatic heterocycles. The number of pyridine rings is 2. The Balaban J connectivity index is 1.49. The van der Waals surface area contributed by atoms with Crippen molar-refractivity contribution < 1.29 is 9.53 Å². The Morgan fingerprint density at radius 3 is 2.69 bits per heavy atom. The lowest BCUT2D eigenvalue weighted by Gasteiger charge is -2.17. The number of fused-ring (bicyclic) bond motifs is 1. The molecule has 164 valence electrons. The number of ether oxygens (including phenoxy) is 1. The van der Waals surface area contributed by atoms with Gasteiger partial charge in [-0.2, -0.15) is 0 Å². The molecule has 6 nitrogen and oxygen atoms in total. The fraction of sp³-hybridized carbons (Fsp3) is 0.269. The highest BCUT2D eigenvalue weighted by atomic mass is 16.5. The van der Waals surface area contributed by atoms with Crippen molar-refractivity contribution in [3.8, 4) is 17.0 Å². The van der Waals surface area contributed by atoms with Crippen LogP contribution in [-0.4, -0.2) is 33.6 Å². The molecule has 1 atom stereocenters. The van der Waals surface area contributed by atoms with E-state index in [1.165, 1.54) is 0 Å². The Kier molecular flexibility index (Phi) is 6.50. The van der Waals surface area contributed by atoms with Crippen LogP contribution in [0.15, 0.2) is 67.0 Å². The Hall–Kier alpha value is -3.67. The van der Waals surface area contributed by atoms with Gasteiger partial charge < -0.3 is 14.6 Å². The summed E-state index contributed by atoms with van der Waals surface area (Å²) >= 11 is 0. The Morgan fingerprint density at radius 1 is 1.09 bits per heavy atom. The lowest BCUT2D eigenvalue weighted by atomic mass is 10.1. The van der Waals surface area contributed by atoms with Gasteiger partial charge in [0.15, 0.2) is 0 Å². The number of benzene rings is 1. The molecule has 1 aromatic carbocycles. The molecule has 1 amide bonds. The number of hydrogen-bond acceptors (Lipinski definition) is 4. The van der Waals surface area contributed by atoms with Crippen molar-refractivity contribution in [1.29, 1.82) is 0 Å². The van der Waals surface area contributed by atoms with Gasteiger partial charge in [0, 0.05) is 48.0 Å². The summed E-state index contributed by atoms with van der Waals surface area (Å²) < 4.78 is 7.54. The quantitative estimate of drug-likeness (QED) is 0.447. The molecule has 6 heteroatoms. The highest BCUT2D eigenvalue weighted by Gasteiger charge is 2.16. The van der Waals surface area contributed by atoms with Crippen LogP contribution in [0.3, 0.4) is 0 Å². The van der Waals surface area contributed by atoms with E-state index in [0.29, 0.717) is 19.4 Å². The predicted molar refractivity (Wildman–Crippen MR) is 127 cm³/mol. The van der Waals surface area contributed by atoms with E-state index in [1.807, 2.05) is 56.3 Å². The van der Waals surface area contributed by atoms with E-state index >= 15 is 0 Å². The first kappa shape index (κ1) is 21.6. The summed E-state index contributed by atoms with van der Waals surface area (Å²) in [5, 5.41) is 4.17. The molecule has 32 heavy (non-hydrogen) atoms. The van der Waals surface area contributed by atoms with Crippen LogP contribution >= 0.6 is 0 Å². The van der Waals surface area contributed by atoms with Gasteiger partial charge in [-0.1, -0.05) is 18.2 Å². The lowest BCUT2D eigenvalue weighted by molar-refractivity contribution is -0.121. The van der Waals surface area contributed by atoms with Crippen LogP contribution in [-0.2, 0) is 17.8 Å². The summed E-state index contributed by atoms with van der Waals surface area (Å²) in [5.41, 5.74) is 4.99. The molecule has 0 spiro atoms. The van der Waals surface area contributed by atoms with Crippen molar-refractivity contribution >= 4 is 16.9 Å². The number of nitrogens with one attached hydrogen (secondary N) is 1. The van der Waals surface area contributed by atoms with E-state index in [0.717, 1.165) is 39.3 Å². The molecule has 4 rings (SSSR count). The molecule has 4 aromatic rings. The number of amides is 1. The van der Waals surface area contributed by atoms with Gasteiger partial charge in [0.25, 0.3) is 0 Å². The highest BCUT2D eigenvalue weighted by Crippen LogP contribution is 2.29. The number of para-hydroxylation sites is 1. The number of carbonyl (C=O) groups excluding carboxylic acids is 1. The van der Waals surface area contributed by atoms with Crippen LogP contribution < -0.4 is 10.1 Å². The molecule has 1 N–H and O–H groups in total. The molecule has 0 aliphatic heterocycles. The zero-order chi connectivity index (χ0) is 22.5. The van der Waals surface area contributed by atoms with Crippen LogP contribution in [0.2, 0.25) is 0 Å². The Labute approximate surface area is 188 Å². The summed E-state index contributed by atoms with van der Waals surface area (Å²) in [7, 11) is 1.67. The molecule has 0 radical (unpaired) electrons. The molecular weight excluding hydrogens is 400 g/mol. The smallest absolute Gasteiger partial charge is 0.222 e. The SMILES string of the molecule is COc1ccccc1C[C@H](C)NC(=O)CCn1c(-c2cccnc2C)cc2cccnc21. The van der Waals surface area contributed by atoms with Crippen LogP contribution in [0.1, 0.15) is 24.6 Å². The lowest BCUT2D eigenvalue weighted by Crippen LogP contribution is -2.34. The standard InChI is InChI=1S/C26H28N4O2/c1-18(16-20-8-4-5-11-24(20)32-3)29-25(31)12-15-30-23(22-10-7-13-27-19(22)2)17-21-9-6-14-28-26(21)30/h4-11,13-14,17-18H,12,15-16H2,1-3H3,(H,29,31)/t18-/m0/s1. The third-order valence-corrected chi connectivity index (χ3v) is 5.63. The average Bonchev–Trinajstić information content (AvgIpc) is 3.16. The van der Waals surface area contributed by atoms with Crippen molar-refractivity contribution in [2.24, 2.45) is 0 Å². The van der Waals surface area contributed by atoms with Gasteiger partial charge in [-0.05, 0) is 62.2 Å². The van der Waals surface area contributed by atoms with Gasteiger partial charge in [-0.25, -0.2) is 4.98 Å². The maximum atomic E-state index is 12.8. The first-order chi connectivity index (χ1) is 15.6. The van der Waals surface area contributed by atoms with Crippen molar-refractivity contribution in [3.63, 3.8) is 0 Å². The molecule has 0 fully saturated rings. The van der Waals surface area contributed by atoms with Crippen molar-refractivity contribution in [2.75, 3.05) is 7.11 Å². The van der Waals surface area contributed by atoms with Crippen molar-refractivity contribution in [3.05, 3.63) is 78.2 Å². The molecule has 0 saturated heterocycles. The zero-order valence-electron chi connectivity index (χ0n) is 18.7. The number of nitrogens with zero attached hydrogens (tertiary/aromatic N) is 3. The highest BCUT2D eigenvalue weighted by molar-refractivity contribution is 5.85. The zero-order valence-corrected chi connectivity index (χ0v) is 18.7. The topological polar surface area (TPSA) is 69.0 Å². The summed E-state index contributed by atoms with van der Waals surface area (Å²) in [4.78, 5) is 21.8. The number of methoxy groups -OCH3 is 1. The monoisotopic (exact) mass is 428 g/mol. The minimum Gasteiger partial charge on any atom is -0.496 e. The number of aryl methyl sites for hydroxylation is 2. The minimum atomic E-state index is -0.00151. The minimum absolute atomic E-state index is 0.00151. The van der Waals surface area contributed by atoms with Gasteiger partial charge in [-0.3, -0.25) is 9.78 Å². The van der Waals surface area contributed by atoms with Crippen LogP contribution in [0.5, 0.6) is 5.75 Å². The second-order valence-electron chi connectivity index (χ2n) is 7.97. The van der Waals surface area contributed by atoms with Crippen molar-refractivity contribution in [1.82, 2.24) is 19.9 Å². The van der Waals surface area contributed by atoms with E-state index in [4.69, 9.17) is 4.74 Å². The van der Waals surface area contributed by atoms with Gasteiger partial charge >= 0.3 is 0 Å². The van der Waals surface area contributed by atoms with Gasteiger partial charge in [0.05, 0.1) is 12.8 Å².